The largest absolute Gasteiger partial charge is 0.497 e. The Kier molecular flexibility index (Phi) is 8.39. The van der Waals surface area contributed by atoms with E-state index in [0.717, 1.165) is 40.2 Å². The predicted molar refractivity (Wildman–Crippen MR) is 162 cm³/mol. The van der Waals surface area contributed by atoms with Crippen molar-refractivity contribution in [2.45, 2.75) is 33.2 Å². The van der Waals surface area contributed by atoms with Crippen LogP contribution in [0, 0.1) is 13.8 Å². The smallest absolute Gasteiger partial charge is 0.346 e. The molecule has 0 aromatic heterocycles. The summed E-state index contributed by atoms with van der Waals surface area (Å²) in [7, 11) is 5.57. The second-order valence-corrected chi connectivity index (χ2v) is 12.3. The monoisotopic (exact) mass is 599 g/mol. The summed E-state index contributed by atoms with van der Waals surface area (Å²) < 4.78 is 21.3. The Hall–Kier alpha value is -3.28. The number of hydrogen-bond donors (Lipinski definition) is 0. The Morgan fingerprint density at radius 1 is 0.800 bits per heavy atom. The van der Waals surface area contributed by atoms with E-state index in [-0.39, 0.29) is 15.7 Å². The van der Waals surface area contributed by atoms with E-state index >= 15 is 0 Å². The number of fused-ring (bicyclic) bond motifs is 1. The first-order valence-electron chi connectivity index (χ1n) is 12.1. The van der Waals surface area contributed by atoms with E-state index in [1.165, 1.54) is 28.4 Å². The number of carbonyl (C=O) groups is 3. The maximum Gasteiger partial charge on any atom is 0.346 e. The molecule has 0 fully saturated rings. The third-order valence-corrected chi connectivity index (χ3v) is 10.1. The van der Waals surface area contributed by atoms with Gasteiger partial charge in [-0.2, -0.15) is 0 Å². The van der Waals surface area contributed by atoms with Gasteiger partial charge in [-0.3, -0.25) is 9.69 Å². The summed E-state index contributed by atoms with van der Waals surface area (Å²) in [6.07, 6.45) is 0. The fraction of sp³-hybridized carbons (Fsp3) is 0.310. The van der Waals surface area contributed by atoms with E-state index in [1.807, 2.05) is 39.8 Å². The molecule has 0 aliphatic carbocycles. The van der Waals surface area contributed by atoms with Gasteiger partial charge in [-0.25, -0.2) is 9.59 Å². The van der Waals surface area contributed by atoms with Crippen LogP contribution >= 0.6 is 35.7 Å². The number of nitrogens with zero attached hydrogens (tertiary/aromatic N) is 1. The van der Waals surface area contributed by atoms with E-state index in [1.54, 1.807) is 23.1 Å². The third kappa shape index (κ3) is 5.02. The van der Waals surface area contributed by atoms with Gasteiger partial charge in [0.05, 0.1) is 48.8 Å². The molecular weight excluding hydrogens is 571 g/mol. The minimum absolute atomic E-state index is 0.134. The van der Waals surface area contributed by atoms with Crippen molar-refractivity contribution in [3.8, 4) is 11.5 Å². The van der Waals surface area contributed by atoms with Gasteiger partial charge in [-0.1, -0.05) is 35.7 Å². The molecule has 0 radical (unpaired) electrons. The Morgan fingerprint density at radius 3 is 1.77 bits per heavy atom. The highest BCUT2D eigenvalue weighted by Crippen LogP contribution is 2.56. The quantitative estimate of drug-likeness (QED) is 0.237. The molecule has 11 heteroatoms. The highest BCUT2D eigenvalue weighted by molar-refractivity contribution is 8.29. The van der Waals surface area contributed by atoms with E-state index in [4.69, 9.17) is 31.2 Å². The number of thioether (sulfide) groups is 2. The van der Waals surface area contributed by atoms with Crippen molar-refractivity contribution in [1.82, 2.24) is 0 Å². The fourth-order valence-corrected chi connectivity index (χ4v) is 7.53. The zero-order chi connectivity index (χ0) is 29.5. The zero-order valence-electron chi connectivity index (χ0n) is 23.4. The lowest BCUT2D eigenvalue weighted by atomic mass is 9.81. The van der Waals surface area contributed by atoms with E-state index in [9.17, 15) is 14.4 Å². The number of methoxy groups -OCH3 is 4. The van der Waals surface area contributed by atoms with Crippen LogP contribution in [0.5, 0.6) is 11.5 Å². The summed E-state index contributed by atoms with van der Waals surface area (Å²) in [6.45, 7) is 7.71. The lowest BCUT2D eigenvalue weighted by Crippen LogP contribution is -2.56. The molecule has 40 heavy (non-hydrogen) atoms. The minimum Gasteiger partial charge on any atom is -0.497 e. The van der Waals surface area contributed by atoms with Gasteiger partial charge in [0, 0.05) is 22.8 Å². The van der Waals surface area contributed by atoms with Crippen LogP contribution in [0.25, 0.3) is 5.57 Å². The van der Waals surface area contributed by atoms with Gasteiger partial charge in [0.25, 0.3) is 5.91 Å². The van der Waals surface area contributed by atoms with Crippen LogP contribution in [0.1, 0.15) is 40.9 Å². The van der Waals surface area contributed by atoms with Gasteiger partial charge >= 0.3 is 11.9 Å². The number of amides is 1. The first kappa shape index (κ1) is 29.7. The number of anilines is 1. The third-order valence-electron chi connectivity index (χ3n) is 6.81. The Bertz CT molecular complexity index is 1470. The van der Waals surface area contributed by atoms with Crippen molar-refractivity contribution >= 4 is 69.7 Å². The summed E-state index contributed by atoms with van der Waals surface area (Å²) in [5, 5.41) is 0. The first-order valence-corrected chi connectivity index (χ1v) is 14.2. The van der Waals surface area contributed by atoms with Crippen LogP contribution in [0.4, 0.5) is 5.69 Å². The standard InChI is InChI=1S/C29H29NO7S3/c1-14-9-19-20(10-15(14)2)30(25(31)16-11-17(34-5)13-18(12-16)35-6)29(3,4)24(38)21(19)28-39-22(26(32)36-7)23(40-28)27(33)37-8/h9-13H,1-8H3. The molecule has 2 aromatic carbocycles. The van der Waals surface area contributed by atoms with Gasteiger partial charge in [0.15, 0.2) is 0 Å². The summed E-state index contributed by atoms with van der Waals surface area (Å²) in [6, 6.07) is 8.97. The van der Waals surface area contributed by atoms with Crippen molar-refractivity contribution in [2.75, 3.05) is 33.3 Å². The molecule has 0 spiro atoms. The van der Waals surface area contributed by atoms with Crippen molar-refractivity contribution < 1.29 is 33.3 Å². The van der Waals surface area contributed by atoms with E-state index in [2.05, 4.69) is 0 Å². The normalized spacial score (nSPS) is 16.1. The Labute approximate surface area is 247 Å². The molecule has 2 aliphatic rings. The molecule has 8 nitrogen and oxygen atoms in total. The number of thiocarbonyl (C=S) groups is 1. The number of rotatable bonds is 5. The summed E-state index contributed by atoms with van der Waals surface area (Å²) in [4.78, 5) is 41.8. The Morgan fingerprint density at radius 2 is 1.30 bits per heavy atom. The van der Waals surface area contributed by atoms with E-state index < -0.39 is 17.5 Å². The number of benzene rings is 2. The molecule has 4 rings (SSSR count). The van der Waals surface area contributed by atoms with Crippen molar-refractivity contribution in [2.24, 2.45) is 0 Å². The lowest BCUT2D eigenvalue weighted by Gasteiger charge is -2.45. The molecule has 0 atom stereocenters. The molecule has 210 valence electrons. The summed E-state index contributed by atoms with van der Waals surface area (Å²) in [5.74, 6) is -0.594. The topological polar surface area (TPSA) is 91.4 Å². The van der Waals surface area contributed by atoms with Gasteiger partial charge in [-0.05, 0) is 63.1 Å². The predicted octanol–water partition coefficient (Wildman–Crippen LogP) is 5.84. The first-order chi connectivity index (χ1) is 18.9. The SMILES string of the molecule is COC(=O)C1=C(C(=O)OC)SC(=C2C(=S)C(C)(C)N(C(=O)c3cc(OC)cc(OC)c3)c3cc(C)c(C)cc32)S1. The van der Waals surface area contributed by atoms with Gasteiger partial charge in [0.2, 0.25) is 0 Å². The van der Waals surface area contributed by atoms with Gasteiger partial charge in [-0.15, -0.1) is 0 Å². The molecule has 0 N–H and O–H groups in total. The number of aryl methyl sites for hydroxylation is 2. The molecule has 0 unspecified atom stereocenters. The highest BCUT2D eigenvalue weighted by atomic mass is 32.2. The second-order valence-electron chi connectivity index (χ2n) is 9.59. The number of esters is 2. The summed E-state index contributed by atoms with van der Waals surface area (Å²) in [5.41, 5.74) is 3.45. The summed E-state index contributed by atoms with van der Waals surface area (Å²) >= 11 is 8.32. The van der Waals surface area contributed by atoms with Crippen LogP contribution in [-0.2, 0) is 19.1 Å². The van der Waals surface area contributed by atoms with Crippen molar-refractivity contribution in [1.29, 1.82) is 0 Å². The van der Waals surface area contributed by atoms with E-state index in [0.29, 0.717) is 37.4 Å². The highest BCUT2D eigenvalue weighted by Gasteiger charge is 2.46. The minimum atomic E-state index is -0.972. The molecule has 0 bridgehead atoms. The molecule has 2 aromatic rings. The van der Waals surface area contributed by atoms with Gasteiger partial charge in [0.1, 0.15) is 21.3 Å². The molecule has 2 heterocycles. The van der Waals surface area contributed by atoms with Crippen molar-refractivity contribution in [3.63, 3.8) is 0 Å². The average molecular weight is 600 g/mol. The maximum atomic E-state index is 14.2. The molecule has 1 amide bonds. The average Bonchev–Trinajstić information content (AvgIpc) is 3.38. The number of carbonyl (C=O) groups excluding carboxylic acids is 3. The second kappa shape index (κ2) is 11.3. The van der Waals surface area contributed by atoms with Crippen LogP contribution in [0.2, 0.25) is 0 Å². The van der Waals surface area contributed by atoms with Crippen LogP contribution < -0.4 is 14.4 Å². The molecule has 0 saturated carbocycles. The maximum absolute atomic E-state index is 14.2. The van der Waals surface area contributed by atoms with Crippen LogP contribution in [-0.4, -0.2) is 56.7 Å². The van der Waals surface area contributed by atoms with Crippen LogP contribution in [0.15, 0.2) is 44.4 Å². The zero-order valence-corrected chi connectivity index (χ0v) is 25.9. The molecule has 2 aliphatic heterocycles. The Balaban J connectivity index is 1.95. The lowest BCUT2D eigenvalue weighted by molar-refractivity contribution is -0.138. The number of ether oxygens (including phenoxy) is 4. The number of hydrogen-bond acceptors (Lipinski definition) is 10. The van der Waals surface area contributed by atoms with Gasteiger partial charge < -0.3 is 18.9 Å². The molecular formula is C29H29NO7S3. The fourth-order valence-electron chi connectivity index (χ4n) is 4.50. The van der Waals surface area contributed by atoms with Crippen molar-refractivity contribution in [3.05, 3.63) is 66.6 Å². The molecule has 0 saturated heterocycles. The van der Waals surface area contributed by atoms with Crippen LogP contribution in [0.3, 0.4) is 0 Å².